The van der Waals surface area contributed by atoms with Gasteiger partial charge in [-0.25, -0.2) is 0 Å². The number of hydrogen-bond acceptors (Lipinski definition) is 4. The topological polar surface area (TPSA) is 63.6 Å². The molecule has 0 spiro atoms. The van der Waals surface area contributed by atoms with Gasteiger partial charge in [0.1, 0.15) is 5.75 Å². The van der Waals surface area contributed by atoms with Crippen LogP contribution in [0.15, 0.2) is 24.3 Å². The van der Waals surface area contributed by atoms with Gasteiger partial charge in [-0.2, -0.15) is 0 Å². The molecule has 1 rings (SSSR count). The summed E-state index contributed by atoms with van der Waals surface area (Å²) >= 11 is 3.04. The fourth-order valence-corrected chi connectivity index (χ4v) is 1.28. The summed E-state index contributed by atoms with van der Waals surface area (Å²) in [5.74, 6) is -0.116. The van der Waals surface area contributed by atoms with Gasteiger partial charge in [0.25, 0.3) is 0 Å². The predicted molar refractivity (Wildman–Crippen MR) is 68.5 cm³/mol. The van der Waals surface area contributed by atoms with Gasteiger partial charge in [-0.15, -0.1) is 0 Å². The first kappa shape index (κ1) is 15.6. The van der Waals surface area contributed by atoms with Crippen LogP contribution in [0.4, 0.5) is 0 Å². The van der Waals surface area contributed by atoms with Gasteiger partial charge in [0.2, 0.25) is 0 Å². The van der Waals surface area contributed by atoms with Crippen LogP contribution in [0, 0.1) is 0 Å². The molecule has 0 radical (unpaired) electrons. The maximum absolute atomic E-state index is 11.0. The van der Waals surface area contributed by atoms with E-state index in [2.05, 4.69) is 20.7 Å². The molecular weight excluding hydrogens is 288 g/mol. The van der Waals surface area contributed by atoms with Crippen LogP contribution in [-0.2, 0) is 9.53 Å². The Morgan fingerprint density at radius 3 is 2.41 bits per heavy atom. The van der Waals surface area contributed by atoms with E-state index in [0.717, 1.165) is 0 Å². The Bertz CT molecular complexity index is 377. The number of halogens is 1. The fourth-order valence-electron chi connectivity index (χ4n) is 0.960. The summed E-state index contributed by atoms with van der Waals surface area (Å²) in [6, 6.07) is 6.29. The van der Waals surface area contributed by atoms with Crippen LogP contribution in [0.5, 0.6) is 5.75 Å². The summed E-state index contributed by atoms with van der Waals surface area (Å²) in [5, 5.41) is 9.28. The quantitative estimate of drug-likeness (QED) is 0.529. The Morgan fingerprint density at radius 2 is 2.06 bits per heavy atom. The van der Waals surface area contributed by atoms with Crippen molar-refractivity contribution in [2.75, 3.05) is 11.9 Å². The Morgan fingerprint density at radius 1 is 1.41 bits per heavy atom. The van der Waals surface area contributed by atoms with E-state index in [4.69, 9.17) is 5.11 Å². The molecule has 0 saturated carbocycles. The van der Waals surface area contributed by atoms with E-state index in [-0.39, 0.29) is 22.8 Å². The Labute approximate surface area is 109 Å². The Hall–Kier alpha value is -1.36. The summed E-state index contributed by atoms with van der Waals surface area (Å²) in [6.07, 6.45) is 0. The maximum atomic E-state index is 11.0. The molecule has 0 aliphatic heterocycles. The second-order valence-corrected chi connectivity index (χ2v) is 3.59. The monoisotopic (exact) mass is 302 g/mol. The van der Waals surface area contributed by atoms with Gasteiger partial charge in [0.15, 0.2) is 5.78 Å². The first-order valence-corrected chi connectivity index (χ1v) is 6.15. The van der Waals surface area contributed by atoms with E-state index in [1.165, 1.54) is 19.1 Å². The minimum atomic E-state index is -0.211. The van der Waals surface area contributed by atoms with Crippen molar-refractivity contribution >= 4 is 27.7 Å². The third-order valence-corrected chi connectivity index (χ3v) is 2.15. The summed E-state index contributed by atoms with van der Waals surface area (Å²) in [6.45, 7) is 3.65. The van der Waals surface area contributed by atoms with E-state index < -0.39 is 0 Å². The minimum Gasteiger partial charge on any atom is -0.508 e. The molecule has 94 valence electrons. The number of ether oxygens (including phenoxy) is 1. The van der Waals surface area contributed by atoms with Gasteiger partial charge in [-0.05, 0) is 19.1 Å². The zero-order valence-electron chi connectivity index (χ0n) is 9.77. The molecular formula is C12H15BrO4. The van der Waals surface area contributed by atoms with Gasteiger partial charge < -0.3 is 9.84 Å². The van der Waals surface area contributed by atoms with Crippen molar-refractivity contribution in [2.45, 2.75) is 13.8 Å². The molecule has 0 fully saturated rings. The average molecular weight is 303 g/mol. The molecule has 0 atom stereocenters. The molecule has 5 heteroatoms. The molecule has 0 unspecified atom stereocenters. The molecule has 0 aliphatic rings. The molecule has 1 N–H and O–H groups in total. The highest BCUT2D eigenvalue weighted by Gasteiger charge is 2.02. The molecule has 1 aromatic rings. The Kier molecular flexibility index (Phi) is 8.05. The molecule has 1 aromatic carbocycles. The normalized spacial score (nSPS) is 8.88. The number of benzene rings is 1. The predicted octanol–water partition coefficient (Wildman–Crippen LogP) is 2.54. The van der Waals surface area contributed by atoms with Crippen LogP contribution in [0.2, 0.25) is 0 Å². The molecule has 0 amide bonds. The third kappa shape index (κ3) is 7.52. The van der Waals surface area contributed by atoms with Crippen LogP contribution in [-0.4, -0.2) is 28.8 Å². The highest BCUT2D eigenvalue weighted by atomic mass is 79.9. The van der Waals surface area contributed by atoms with E-state index in [1.54, 1.807) is 19.1 Å². The van der Waals surface area contributed by atoms with Crippen molar-refractivity contribution in [1.82, 2.24) is 0 Å². The lowest BCUT2D eigenvalue weighted by Gasteiger charge is -1.96. The molecule has 0 heterocycles. The molecule has 0 aliphatic carbocycles. The van der Waals surface area contributed by atoms with E-state index >= 15 is 0 Å². The van der Waals surface area contributed by atoms with Crippen molar-refractivity contribution in [3.8, 4) is 5.75 Å². The molecule has 4 nitrogen and oxygen atoms in total. The largest absolute Gasteiger partial charge is 0.508 e. The van der Waals surface area contributed by atoms with Crippen molar-refractivity contribution in [3.63, 3.8) is 0 Å². The van der Waals surface area contributed by atoms with Crippen LogP contribution in [0.1, 0.15) is 24.2 Å². The van der Waals surface area contributed by atoms with Gasteiger partial charge in [-0.1, -0.05) is 28.1 Å². The minimum absolute atomic E-state index is 0.0269. The standard InChI is InChI=1S/C8H7BrO2.C4H8O2/c9-5-8(11)6-2-1-3-7(10)4-6;1-3-6-4(2)5/h1-4,10H,5H2;3H2,1-2H3. The number of Topliss-reactive ketones (excluding diaryl/α,β-unsaturated/α-hetero) is 1. The molecule has 17 heavy (non-hydrogen) atoms. The lowest BCUT2D eigenvalue weighted by molar-refractivity contribution is -0.140. The number of phenolic OH excluding ortho intramolecular Hbond substituents is 1. The number of carbonyl (C=O) groups is 2. The van der Waals surface area contributed by atoms with Crippen LogP contribution < -0.4 is 0 Å². The summed E-state index contributed by atoms with van der Waals surface area (Å²) in [5.41, 5.74) is 0.530. The Balaban J connectivity index is 0.000000366. The summed E-state index contributed by atoms with van der Waals surface area (Å²) in [4.78, 5) is 20.8. The van der Waals surface area contributed by atoms with Crippen molar-refractivity contribution in [1.29, 1.82) is 0 Å². The van der Waals surface area contributed by atoms with Crippen molar-refractivity contribution < 1.29 is 19.4 Å². The second-order valence-electron chi connectivity index (χ2n) is 3.03. The average Bonchev–Trinajstić information content (AvgIpc) is 2.28. The SMILES string of the molecule is CCOC(C)=O.O=C(CBr)c1cccc(O)c1. The number of carbonyl (C=O) groups excluding carboxylic acids is 2. The van der Waals surface area contributed by atoms with Crippen LogP contribution in [0.25, 0.3) is 0 Å². The first-order chi connectivity index (χ1) is 8.01. The van der Waals surface area contributed by atoms with Gasteiger partial charge >= 0.3 is 5.97 Å². The number of aromatic hydroxyl groups is 1. The zero-order valence-corrected chi connectivity index (χ0v) is 11.4. The van der Waals surface area contributed by atoms with E-state index in [9.17, 15) is 9.59 Å². The zero-order chi connectivity index (χ0) is 13.3. The van der Waals surface area contributed by atoms with Crippen LogP contribution in [0.3, 0.4) is 0 Å². The highest BCUT2D eigenvalue weighted by Crippen LogP contribution is 2.11. The number of alkyl halides is 1. The summed E-state index contributed by atoms with van der Waals surface area (Å²) < 4.78 is 4.40. The number of esters is 1. The third-order valence-electron chi connectivity index (χ3n) is 1.64. The second kappa shape index (κ2) is 8.75. The van der Waals surface area contributed by atoms with Gasteiger partial charge in [0, 0.05) is 12.5 Å². The smallest absolute Gasteiger partial charge is 0.302 e. The molecule has 0 saturated heterocycles. The fraction of sp³-hybridized carbons (Fsp3) is 0.333. The lowest BCUT2D eigenvalue weighted by atomic mass is 10.1. The maximum Gasteiger partial charge on any atom is 0.302 e. The molecule has 0 aromatic heterocycles. The number of hydrogen-bond donors (Lipinski definition) is 1. The summed E-state index contributed by atoms with van der Waals surface area (Å²) in [7, 11) is 0. The highest BCUT2D eigenvalue weighted by molar-refractivity contribution is 9.09. The number of ketones is 1. The van der Waals surface area contributed by atoms with E-state index in [1.807, 2.05) is 0 Å². The van der Waals surface area contributed by atoms with E-state index in [0.29, 0.717) is 12.2 Å². The number of phenols is 1. The lowest BCUT2D eigenvalue weighted by Crippen LogP contribution is -1.98. The van der Waals surface area contributed by atoms with Crippen molar-refractivity contribution in [3.05, 3.63) is 29.8 Å². The first-order valence-electron chi connectivity index (χ1n) is 5.02. The molecule has 0 bridgehead atoms. The van der Waals surface area contributed by atoms with Crippen LogP contribution >= 0.6 is 15.9 Å². The van der Waals surface area contributed by atoms with Gasteiger partial charge in [0.05, 0.1) is 11.9 Å². The number of rotatable bonds is 3. The van der Waals surface area contributed by atoms with Crippen molar-refractivity contribution in [2.24, 2.45) is 0 Å². The van der Waals surface area contributed by atoms with Gasteiger partial charge in [-0.3, -0.25) is 9.59 Å².